The first-order valence-electron chi connectivity index (χ1n) is 6.97. The third-order valence-electron chi connectivity index (χ3n) is 4.99. The van der Waals surface area contributed by atoms with Gasteiger partial charge in [-0.3, -0.25) is 0 Å². The summed E-state index contributed by atoms with van der Waals surface area (Å²) in [6.07, 6.45) is 5.54. The summed E-state index contributed by atoms with van der Waals surface area (Å²) in [5.74, 6) is 0.811. The fraction of sp³-hybridized carbons (Fsp3) is 0.625. The van der Waals surface area contributed by atoms with Gasteiger partial charge in [-0.25, -0.2) is 0 Å². The number of hydrogen-bond donors (Lipinski definition) is 1. The van der Waals surface area contributed by atoms with Crippen LogP contribution in [0.4, 0.5) is 5.69 Å². The van der Waals surface area contributed by atoms with Crippen molar-refractivity contribution in [1.82, 2.24) is 0 Å². The van der Waals surface area contributed by atoms with Crippen molar-refractivity contribution in [1.29, 1.82) is 0 Å². The number of benzene rings is 1. The van der Waals surface area contributed by atoms with E-state index in [9.17, 15) is 0 Å². The maximum Gasteiger partial charge on any atom is 0.0410 e. The largest absolute Gasteiger partial charge is 0.382 e. The van der Waals surface area contributed by atoms with E-state index >= 15 is 0 Å². The minimum atomic E-state index is 0.331. The number of aryl methyl sites for hydroxylation is 1. The van der Waals surface area contributed by atoms with Crippen LogP contribution >= 0.6 is 0 Å². The van der Waals surface area contributed by atoms with Crippen LogP contribution in [0.5, 0.6) is 0 Å². The summed E-state index contributed by atoms with van der Waals surface area (Å²) in [6, 6.07) is 7.46. The lowest BCUT2D eigenvalue weighted by Crippen LogP contribution is -2.47. The lowest BCUT2D eigenvalue weighted by atomic mass is 9.62. The van der Waals surface area contributed by atoms with Crippen molar-refractivity contribution in [2.45, 2.75) is 57.9 Å². The molecule has 0 bridgehead atoms. The van der Waals surface area contributed by atoms with E-state index in [1.165, 1.54) is 42.5 Å². The summed E-state index contributed by atoms with van der Waals surface area (Å²) < 4.78 is 0. The molecule has 92 valence electrons. The Labute approximate surface area is 105 Å². The van der Waals surface area contributed by atoms with Crippen LogP contribution < -0.4 is 5.32 Å². The molecule has 1 heterocycles. The van der Waals surface area contributed by atoms with Crippen LogP contribution in [0.25, 0.3) is 0 Å². The summed E-state index contributed by atoms with van der Waals surface area (Å²) in [5, 5.41) is 3.82. The highest BCUT2D eigenvalue weighted by Gasteiger charge is 2.43. The second-order valence-corrected chi connectivity index (χ2v) is 6.36. The van der Waals surface area contributed by atoms with Crippen molar-refractivity contribution in [2.24, 2.45) is 5.92 Å². The standard InChI is InChI=1S/C16H23N/c1-11-7-6-9-13-15(11)17-14-10-5-4-8-12(14)16(13,2)3/h6-7,9,12,14,17H,4-5,8,10H2,1-3H3/t12-,14-/m1/s1. The fourth-order valence-electron chi connectivity index (χ4n) is 3.95. The Morgan fingerprint density at radius 3 is 2.76 bits per heavy atom. The summed E-state index contributed by atoms with van der Waals surface area (Å²) >= 11 is 0. The van der Waals surface area contributed by atoms with Crippen LogP contribution in [0.1, 0.15) is 50.7 Å². The van der Waals surface area contributed by atoms with Gasteiger partial charge >= 0.3 is 0 Å². The van der Waals surface area contributed by atoms with Crippen molar-refractivity contribution in [3.8, 4) is 0 Å². The first kappa shape index (κ1) is 11.1. The van der Waals surface area contributed by atoms with Gasteiger partial charge in [0.2, 0.25) is 0 Å². The third kappa shape index (κ3) is 1.59. The van der Waals surface area contributed by atoms with Crippen LogP contribution in [0.15, 0.2) is 18.2 Å². The smallest absolute Gasteiger partial charge is 0.0410 e. The van der Waals surface area contributed by atoms with E-state index in [0.29, 0.717) is 11.5 Å². The molecule has 2 atom stereocenters. The molecular formula is C16H23N. The van der Waals surface area contributed by atoms with Gasteiger partial charge in [-0.15, -0.1) is 0 Å². The number of hydrogen-bond acceptors (Lipinski definition) is 1. The summed E-state index contributed by atoms with van der Waals surface area (Å²) in [7, 11) is 0. The molecule has 0 aromatic heterocycles. The number of nitrogens with one attached hydrogen (secondary N) is 1. The summed E-state index contributed by atoms with van der Waals surface area (Å²) in [4.78, 5) is 0. The molecule has 0 spiro atoms. The quantitative estimate of drug-likeness (QED) is 0.701. The Kier molecular flexibility index (Phi) is 2.46. The SMILES string of the molecule is Cc1cccc2c1N[C@@H]1CCCC[C@H]1C2(C)C. The molecule has 1 aliphatic carbocycles. The lowest BCUT2D eigenvalue weighted by Gasteiger charge is -2.49. The molecule has 1 saturated carbocycles. The van der Waals surface area contributed by atoms with Gasteiger partial charge in [-0.05, 0) is 42.2 Å². The lowest BCUT2D eigenvalue weighted by molar-refractivity contribution is 0.205. The van der Waals surface area contributed by atoms with Crippen LogP contribution in [-0.2, 0) is 5.41 Å². The molecule has 1 nitrogen and oxygen atoms in total. The number of fused-ring (bicyclic) bond motifs is 2. The molecule has 0 amide bonds. The molecular weight excluding hydrogens is 206 g/mol. The van der Waals surface area contributed by atoms with Crippen LogP contribution in [0, 0.1) is 12.8 Å². The average Bonchev–Trinajstić information content (AvgIpc) is 2.31. The minimum Gasteiger partial charge on any atom is -0.382 e. The molecule has 1 aliphatic heterocycles. The van der Waals surface area contributed by atoms with Gasteiger partial charge in [0.15, 0.2) is 0 Å². The van der Waals surface area contributed by atoms with E-state index in [2.05, 4.69) is 44.3 Å². The molecule has 0 radical (unpaired) electrons. The van der Waals surface area contributed by atoms with Crippen molar-refractivity contribution >= 4 is 5.69 Å². The molecule has 3 rings (SSSR count). The highest BCUT2D eigenvalue weighted by atomic mass is 15.0. The Morgan fingerprint density at radius 2 is 1.94 bits per heavy atom. The van der Waals surface area contributed by atoms with Gasteiger partial charge in [0.05, 0.1) is 0 Å². The number of anilines is 1. The van der Waals surface area contributed by atoms with E-state index < -0.39 is 0 Å². The first-order valence-corrected chi connectivity index (χ1v) is 6.97. The van der Waals surface area contributed by atoms with E-state index in [1.54, 1.807) is 0 Å². The van der Waals surface area contributed by atoms with Crippen molar-refractivity contribution in [3.05, 3.63) is 29.3 Å². The minimum absolute atomic E-state index is 0.331. The maximum atomic E-state index is 3.82. The molecule has 1 fully saturated rings. The fourth-order valence-corrected chi connectivity index (χ4v) is 3.95. The van der Waals surface area contributed by atoms with Gasteiger partial charge in [-0.2, -0.15) is 0 Å². The van der Waals surface area contributed by atoms with Gasteiger partial charge in [0.25, 0.3) is 0 Å². The normalized spacial score (nSPS) is 30.1. The monoisotopic (exact) mass is 229 g/mol. The van der Waals surface area contributed by atoms with Crippen LogP contribution in [0.3, 0.4) is 0 Å². The molecule has 1 aromatic carbocycles. The highest BCUT2D eigenvalue weighted by molar-refractivity contribution is 5.63. The highest BCUT2D eigenvalue weighted by Crippen LogP contribution is 2.48. The van der Waals surface area contributed by atoms with Crippen molar-refractivity contribution < 1.29 is 0 Å². The van der Waals surface area contributed by atoms with Gasteiger partial charge in [0, 0.05) is 11.7 Å². The number of para-hydroxylation sites is 1. The average molecular weight is 229 g/mol. The second-order valence-electron chi connectivity index (χ2n) is 6.36. The van der Waals surface area contributed by atoms with Gasteiger partial charge in [-0.1, -0.05) is 44.9 Å². The zero-order valence-electron chi connectivity index (χ0n) is 11.2. The van der Waals surface area contributed by atoms with E-state index in [4.69, 9.17) is 0 Å². The molecule has 1 aromatic rings. The summed E-state index contributed by atoms with van der Waals surface area (Å²) in [6.45, 7) is 7.11. The molecule has 2 aliphatic rings. The number of rotatable bonds is 0. The zero-order chi connectivity index (χ0) is 12.0. The van der Waals surface area contributed by atoms with Crippen LogP contribution in [-0.4, -0.2) is 6.04 Å². The predicted octanol–water partition coefficient (Wildman–Crippen LogP) is 4.26. The van der Waals surface area contributed by atoms with E-state index in [1.807, 2.05) is 0 Å². The molecule has 1 N–H and O–H groups in total. The van der Waals surface area contributed by atoms with E-state index in [0.717, 1.165) is 5.92 Å². The second kappa shape index (κ2) is 3.76. The van der Waals surface area contributed by atoms with Crippen molar-refractivity contribution in [3.63, 3.8) is 0 Å². The first-order chi connectivity index (χ1) is 8.10. The Balaban J connectivity index is 2.11. The Morgan fingerprint density at radius 1 is 1.18 bits per heavy atom. The Bertz CT molecular complexity index is 433. The molecule has 17 heavy (non-hydrogen) atoms. The molecule has 0 unspecified atom stereocenters. The van der Waals surface area contributed by atoms with Gasteiger partial charge in [0.1, 0.15) is 0 Å². The van der Waals surface area contributed by atoms with Gasteiger partial charge < -0.3 is 5.32 Å². The molecule has 0 saturated heterocycles. The summed E-state index contributed by atoms with van der Waals surface area (Å²) in [5.41, 5.74) is 4.68. The third-order valence-corrected chi connectivity index (χ3v) is 4.99. The topological polar surface area (TPSA) is 12.0 Å². The molecule has 1 heteroatoms. The zero-order valence-corrected chi connectivity index (χ0v) is 11.2. The Hall–Kier alpha value is -0.980. The maximum absolute atomic E-state index is 3.82. The van der Waals surface area contributed by atoms with Crippen molar-refractivity contribution in [2.75, 3.05) is 5.32 Å². The van der Waals surface area contributed by atoms with E-state index in [-0.39, 0.29) is 0 Å². The van der Waals surface area contributed by atoms with Crippen LogP contribution in [0.2, 0.25) is 0 Å². The predicted molar refractivity (Wildman–Crippen MR) is 73.6 cm³/mol.